The zero-order chi connectivity index (χ0) is 21.8. The van der Waals surface area contributed by atoms with Crippen LogP contribution in [-0.2, 0) is 21.3 Å². The van der Waals surface area contributed by atoms with Crippen molar-refractivity contribution in [2.75, 3.05) is 32.6 Å². The smallest absolute Gasteiger partial charge is 0.240 e. The molecule has 0 aliphatic heterocycles. The molecular formula is C21H23N5O4S. The lowest BCUT2D eigenvalue weighted by Gasteiger charge is -2.10. The van der Waals surface area contributed by atoms with Gasteiger partial charge in [0.25, 0.3) is 0 Å². The first-order chi connectivity index (χ1) is 15.0. The number of nitrogens with one attached hydrogen (secondary N) is 1. The third-order valence-corrected chi connectivity index (χ3v) is 6.34. The normalized spacial score (nSPS) is 11.9. The van der Waals surface area contributed by atoms with Gasteiger partial charge < -0.3 is 19.8 Å². The number of benzene rings is 2. The molecule has 0 saturated carbocycles. The maximum atomic E-state index is 12.3. The minimum absolute atomic E-state index is 0.166. The molecule has 4 rings (SSSR count). The van der Waals surface area contributed by atoms with E-state index in [4.69, 9.17) is 15.2 Å². The van der Waals surface area contributed by atoms with Gasteiger partial charge in [-0.3, -0.25) is 0 Å². The van der Waals surface area contributed by atoms with Gasteiger partial charge >= 0.3 is 0 Å². The van der Waals surface area contributed by atoms with Gasteiger partial charge in [-0.15, -0.1) is 0 Å². The highest BCUT2D eigenvalue weighted by molar-refractivity contribution is 7.89. The van der Waals surface area contributed by atoms with Gasteiger partial charge in [0.05, 0.1) is 42.6 Å². The monoisotopic (exact) mass is 441 g/mol. The first kappa shape index (κ1) is 21.0. The summed E-state index contributed by atoms with van der Waals surface area (Å²) in [6.07, 6.45) is 1.71. The summed E-state index contributed by atoms with van der Waals surface area (Å²) in [5, 5.41) is 0.969. The van der Waals surface area contributed by atoms with E-state index in [1.807, 2.05) is 28.8 Å². The van der Waals surface area contributed by atoms with E-state index in [0.717, 1.165) is 16.4 Å². The molecule has 0 fully saturated rings. The van der Waals surface area contributed by atoms with E-state index in [0.29, 0.717) is 30.2 Å². The van der Waals surface area contributed by atoms with E-state index in [-0.39, 0.29) is 18.0 Å². The molecule has 4 aromatic rings. The van der Waals surface area contributed by atoms with Crippen LogP contribution >= 0.6 is 0 Å². The van der Waals surface area contributed by atoms with Gasteiger partial charge in [0.2, 0.25) is 10.0 Å². The van der Waals surface area contributed by atoms with Crippen molar-refractivity contribution in [2.24, 2.45) is 0 Å². The molecule has 0 radical (unpaired) electrons. The lowest BCUT2D eigenvalue weighted by Crippen LogP contribution is -2.27. The number of anilines is 1. The highest BCUT2D eigenvalue weighted by Crippen LogP contribution is 2.26. The molecule has 0 amide bonds. The molecule has 3 N–H and O–H groups in total. The fourth-order valence-electron chi connectivity index (χ4n) is 3.33. The Bertz CT molecular complexity index is 1300. The highest BCUT2D eigenvalue weighted by Gasteiger charge is 2.14. The van der Waals surface area contributed by atoms with Gasteiger partial charge in [0.15, 0.2) is 5.82 Å². The van der Waals surface area contributed by atoms with Crippen molar-refractivity contribution in [3.63, 3.8) is 0 Å². The molecule has 2 aromatic carbocycles. The van der Waals surface area contributed by atoms with Crippen LogP contribution in [0.1, 0.15) is 0 Å². The Hall–Kier alpha value is -3.21. The van der Waals surface area contributed by atoms with Crippen molar-refractivity contribution < 1.29 is 17.9 Å². The summed E-state index contributed by atoms with van der Waals surface area (Å²) < 4.78 is 39.8. The van der Waals surface area contributed by atoms with E-state index in [1.165, 1.54) is 19.2 Å². The van der Waals surface area contributed by atoms with Crippen molar-refractivity contribution in [1.29, 1.82) is 0 Å². The number of methoxy groups -OCH3 is 1. The maximum absolute atomic E-state index is 12.3. The first-order valence-electron chi connectivity index (χ1n) is 9.70. The largest absolute Gasteiger partial charge is 0.497 e. The lowest BCUT2D eigenvalue weighted by molar-refractivity contribution is 0.132. The zero-order valence-corrected chi connectivity index (χ0v) is 17.8. The summed E-state index contributed by atoms with van der Waals surface area (Å²) in [6.45, 7) is 1.35. The van der Waals surface area contributed by atoms with Gasteiger partial charge in [-0.05, 0) is 30.3 Å². The van der Waals surface area contributed by atoms with Crippen LogP contribution in [-0.4, -0.2) is 49.8 Å². The molecule has 0 unspecified atom stereocenters. The average molecular weight is 442 g/mol. The number of nitrogens with zero attached hydrogens (tertiary/aromatic N) is 3. The Kier molecular flexibility index (Phi) is 6.03. The Labute approximate surface area is 179 Å². The Morgan fingerprint density at radius 2 is 1.87 bits per heavy atom. The number of aromatic nitrogens is 3. The number of hydrogen-bond acceptors (Lipinski definition) is 7. The zero-order valence-electron chi connectivity index (χ0n) is 17.0. The van der Waals surface area contributed by atoms with Crippen molar-refractivity contribution in [2.45, 2.75) is 11.4 Å². The van der Waals surface area contributed by atoms with Gasteiger partial charge in [-0.1, -0.05) is 18.2 Å². The number of fused-ring (bicyclic) bond motifs is 3. The Morgan fingerprint density at radius 1 is 1.10 bits per heavy atom. The fourth-order valence-corrected chi connectivity index (χ4v) is 4.34. The summed E-state index contributed by atoms with van der Waals surface area (Å²) >= 11 is 0. The van der Waals surface area contributed by atoms with Crippen LogP contribution < -0.4 is 15.2 Å². The van der Waals surface area contributed by atoms with Crippen molar-refractivity contribution in [1.82, 2.24) is 19.3 Å². The molecule has 10 heteroatoms. The predicted octanol–water partition coefficient (Wildman–Crippen LogP) is 2.17. The van der Waals surface area contributed by atoms with Crippen LogP contribution in [0.15, 0.2) is 59.8 Å². The molecule has 0 aliphatic rings. The number of rotatable bonds is 9. The summed E-state index contributed by atoms with van der Waals surface area (Å²) in [5.41, 5.74) is 8.42. The minimum atomic E-state index is -3.60. The number of nitrogen functional groups attached to an aromatic ring is 1. The van der Waals surface area contributed by atoms with Crippen LogP contribution in [0.25, 0.3) is 21.9 Å². The molecule has 0 bridgehead atoms. The summed E-state index contributed by atoms with van der Waals surface area (Å²) in [6, 6.07) is 14.0. The van der Waals surface area contributed by atoms with Crippen molar-refractivity contribution >= 4 is 37.8 Å². The molecule has 0 atom stereocenters. The van der Waals surface area contributed by atoms with Gasteiger partial charge in [0, 0.05) is 18.5 Å². The minimum Gasteiger partial charge on any atom is -0.497 e. The Morgan fingerprint density at radius 3 is 2.65 bits per heavy atom. The predicted molar refractivity (Wildman–Crippen MR) is 118 cm³/mol. The standard InChI is InChI=1S/C21H23N5O4S/c1-29-15-6-8-16(9-7-15)31(27,28)24-10-12-30-13-11-26-14-23-19-20(26)17-4-2-3-5-18(17)25-21(19)22/h2-9,14,24H,10-13H2,1H3,(H2,22,25). The molecule has 162 valence electrons. The maximum Gasteiger partial charge on any atom is 0.240 e. The quantitative estimate of drug-likeness (QED) is 0.382. The number of hydrogen-bond donors (Lipinski definition) is 2. The van der Waals surface area contributed by atoms with Gasteiger partial charge in [0.1, 0.15) is 11.3 Å². The molecule has 31 heavy (non-hydrogen) atoms. The van der Waals surface area contributed by atoms with Crippen LogP contribution in [0.4, 0.5) is 5.82 Å². The molecule has 2 heterocycles. The fraction of sp³-hybridized carbons (Fsp3) is 0.238. The molecule has 2 aromatic heterocycles. The molecular weight excluding hydrogens is 418 g/mol. The number of sulfonamides is 1. The lowest BCUT2D eigenvalue weighted by atomic mass is 10.2. The third kappa shape index (κ3) is 4.46. The number of ether oxygens (including phenoxy) is 2. The summed E-state index contributed by atoms with van der Waals surface area (Å²) in [7, 11) is -2.07. The van der Waals surface area contributed by atoms with Crippen LogP contribution in [0.5, 0.6) is 5.75 Å². The number of nitrogens with two attached hydrogens (primary N) is 1. The second-order valence-corrected chi connectivity index (χ2v) is 8.60. The second-order valence-electron chi connectivity index (χ2n) is 6.84. The summed E-state index contributed by atoms with van der Waals surface area (Å²) in [5.74, 6) is 0.987. The van der Waals surface area contributed by atoms with Crippen molar-refractivity contribution in [3.05, 3.63) is 54.9 Å². The SMILES string of the molecule is COc1ccc(S(=O)(=O)NCCOCCn2cnc3c(N)nc4ccccc4c32)cc1. The number of para-hydroxylation sites is 1. The molecule has 0 aliphatic carbocycles. The van der Waals surface area contributed by atoms with Crippen LogP contribution in [0.3, 0.4) is 0 Å². The topological polar surface area (TPSA) is 121 Å². The third-order valence-electron chi connectivity index (χ3n) is 4.87. The average Bonchev–Trinajstić information content (AvgIpc) is 3.21. The van der Waals surface area contributed by atoms with E-state index < -0.39 is 10.0 Å². The van der Waals surface area contributed by atoms with Gasteiger partial charge in [-0.2, -0.15) is 0 Å². The van der Waals surface area contributed by atoms with E-state index >= 15 is 0 Å². The summed E-state index contributed by atoms with van der Waals surface area (Å²) in [4.78, 5) is 8.95. The van der Waals surface area contributed by atoms with Crippen LogP contribution in [0.2, 0.25) is 0 Å². The van der Waals surface area contributed by atoms with E-state index in [1.54, 1.807) is 18.5 Å². The van der Waals surface area contributed by atoms with Gasteiger partial charge in [-0.25, -0.2) is 23.1 Å². The van der Waals surface area contributed by atoms with Crippen molar-refractivity contribution in [3.8, 4) is 5.75 Å². The number of pyridine rings is 1. The molecule has 9 nitrogen and oxygen atoms in total. The molecule has 0 spiro atoms. The second kappa shape index (κ2) is 8.88. The number of imidazole rings is 1. The first-order valence-corrected chi connectivity index (χ1v) is 11.2. The Balaban J connectivity index is 1.33. The van der Waals surface area contributed by atoms with Crippen LogP contribution in [0, 0.1) is 0 Å². The highest BCUT2D eigenvalue weighted by atomic mass is 32.2. The van der Waals surface area contributed by atoms with E-state index in [2.05, 4.69) is 14.7 Å². The van der Waals surface area contributed by atoms with E-state index in [9.17, 15) is 8.42 Å². The molecule has 0 saturated heterocycles.